The number of thiazole rings is 1. The van der Waals surface area contributed by atoms with Crippen LogP contribution < -0.4 is 5.32 Å². The molecular formula is C20H21F2N5OS2. The van der Waals surface area contributed by atoms with Crippen molar-refractivity contribution in [3.8, 4) is 10.7 Å². The van der Waals surface area contributed by atoms with Gasteiger partial charge in [0.25, 0.3) is 5.91 Å². The summed E-state index contributed by atoms with van der Waals surface area (Å²) >= 11 is 2.87. The fourth-order valence-electron chi connectivity index (χ4n) is 2.87. The van der Waals surface area contributed by atoms with E-state index in [1.807, 2.05) is 44.3 Å². The largest absolute Gasteiger partial charge is 0.361 e. The molecule has 0 aliphatic carbocycles. The number of hydrogen-bond acceptors (Lipinski definition) is 6. The molecule has 0 fully saturated rings. The van der Waals surface area contributed by atoms with Gasteiger partial charge in [-0.3, -0.25) is 9.48 Å². The molecule has 0 saturated carbocycles. The van der Waals surface area contributed by atoms with Gasteiger partial charge in [0, 0.05) is 31.9 Å². The van der Waals surface area contributed by atoms with E-state index in [-0.39, 0.29) is 5.37 Å². The van der Waals surface area contributed by atoms with Gasteiger partial charge >= 0.3 is 0 Å². The Morgan fingerprint density at radius 1 is 1.20 bits per heavy atom. The van der Waals surface area contributed by atoms with Gasteiger partial charge in [0.15, 0.2) is 0 Å². The minimum Gasteiger partial charge on any atom is -0.361 e. The van der Waals surface area contributed by atoms with E-state index in [9.17, 15) is 13.6 Å². The van der Waals surface area contributed by atoms with Crippen molar-refractivity contribution in [2.75, 3.05) is 7.05 Å². The molecule has 6 nitrogen and oxygen atoms in total. The van der Waals surface area contributed by atoms with Crippen molar-refractivity contribution in [1.29, 1.82) is 0 Å². The molecule has 1 aliphatic rings. The van der Waals surface area contributed by atoms with Crippen LogP contribution in [0.2, 0.25) is 0 Å². The zero-order chi connectivity index (χ0) is 21.8. The molecule has 2 aromatic heterocycles. The van der Waals surface area contributed by atoms with E-state index in [0.29, 0.717) is 5.03 Å². The summed E-state index contributed by atoms with van der Waals surface area (Å²) in [5.74, 6) is -2.62. The molecule has 158 valence electrons. The lowest BCUT2D eigenvalue weighted by Crippen LogP contribution is -2.23. The van der Waals surface area contributed by atoms with E-state index in [1.54, 1.807) is 17.1 Å². The van der Waals surface area contributed by atoms with Crippen molar-refractivity contribution in [2.24, 2.45) is 7.05 Å². The van der Waals surface area contributed by atoms with Crippen LogP contribution in [-0.2, 0) is 7.05 Å². The Morgan fingerprint density at radius 3 is 2.53 bits per heavy atom. The highest BCUT2D eigenvalue weighted by Crippen LogP contribution is 2.42. The number of rotatable bonds is 4. The van der Waals surface area contributed by atoms with Crippen LogP contribution in [0.3, 0.4) is 0 Å². The second-order valence-corrected chi connectivity index (χ2v) is 8.11. The lowest BCUT2D eigenvalue weighted by molar-refractivity contribution is 0.0960. The molecule has 1 aromatic carbocycles. The zero-order valence-electron chi connectivity index (χ0n) is 16.9. The SMILES string of the molecule is CC.CN1C=C(NC(=O)c2c(F)cccc2F)SC1c1cc(-c2nccs2)nn1C. The predicted octanol–water partition coefficient (Wildman–Crippen LogP) is 4.75. The number of halogens is 2. The van der Waals surface area contributed by atoms with Crippen LogP contribution in [0.15, 0.2) is 47.1 Å². The number of amides is 1. The highest BCUT2D eigenvalue weighted by molar-refractivity contribution is 8.03. The highest BCUT2D eigenvalue weighted by Gasteiger charge is 2.30. The number of aromatic nitrogens is 3. The first kappa shape index (κ1) is 22.0. The zero-order valence-corrected chi connectivity index (χ0v) is 18.5. The van der Waals surface area contributed by atoms with Crippen LogP contribution in [0.1, 0.15) is 35.3 Å². The average Bonchev–Trinajstić information content (AvgIpc) is 3.43. The van der Waals surface area contributed by atoms with Crippen LogP contribution in [0.5, 0.6) is 0 Å². The molecule has 0 bridgehead atoms. The summed E-state index contributed by atoms with van der Waals surface area (Å²) in [4.78, 5) is 18.5. The summed E-state index contributed by atoms with van der Waals surface area (Å²) in [6.07, 6.45) is 3.45. The van der Waals surface area contributed by atoms with Gasteiger partial charge in [-0.1, -0.05) is 31.7 Å². The number of nitrogens with one attached hydrogen (secondary N) is 1. The number of aryl methyl sites for hydroxylation is 1. The standard InChI is InChI=1S/C18H15F2N5OS2.C2H6/c1-24-9-14(22-16(26)15-10(19)4-3-5-11(15)20)28-18(24)13-8-12(23-25(13)2)17-21-6-7-27-17;1-2/h3-9,18H,1-2H3,(H,22,26);1-2H3. The minimum absolute atomic E-state index is 0.146. The highest BCUT2D eigenvalue weighted by atomic mass is 32.2. The maximum atomic E-state index is 13.8. The molecule has 3 heterocycles. The fraction of sp³-hybridized carbons (Fsp3) is 0.250. The van der Waals surface area contributed by atoms with Crippen molar-refractivity contribution < 1.29 is 13.6 Å². The molecule has 1 unspecified atom stereocenters. The fourth-order valence-corrected chi connectivity index (χ4v) is 4.65. The van der Waals surface area contributed by atoms with E-state index in [1.165, 1.54) is 29.2 Å². The summed E-state index contributed by atoms with van der Waals surface area (Å²) < 4.78 is 29.4. The van der Waals surface area contributed by atoms with E-state index in [0.717, 1.165) is 28.5 Å². The first-order chi connectivity index (χ1) is 14.4. The van der Waals surface area contributed by atoms with Gasteiger partial charge in [-0.2, -0.15) is 5.10 Å². The third-order valence-electron chi connectivity index (χ3n) is 4.18. The summed E-state index contributed by atoms with van der Waals surface area (Å²) in [5.41, 5.74) is 1.09. The third-order valence-corrected chi connectivity index (χ3v) is 6.23. The van der Waals surface area contributed by atoms with E-state index in [2.05, 4.69) is 15.4 Å². The molecule has 1 amide bonds. The van der Waals surface area contributed by atoms with E-state index >= 15 is 0 Å². The van der Waals surface area contributed by atoms with Gasteiger partial charge < -0.3 is 10.2 Å². The summed E-state index contributed by atoms with van der Waals surface area (Å²) in [7, 11) is 3.70. The normalized spacial score (nSPS) is 15.5. The van der Waals surface area contributed by atoms with Crippen molar-refractivity contribution in [3.63, 3.8) is 0 Å². The molecule has 0 radical (unpaired) electrons. The Balaban J connectivity index is 0.00000124. The second kappa shape index (κ2) is 9.40. The number of nitrogens with zero attached hydrogens (tertiary/aromatic N) is 4. The number of carbonyl (C=O) groups is 1. The lowest BCUT2D eigenvalue weighted by atomic mass is 10.2. The monoisotopic (exact) mass is 449 g/mol. The van der Waals surface area contributed by atoms with Gasteiger partial charge in [-0.05, 0) is 18.2 Å². The number of thioether (sulfide) groups is 1. The molecular weight excluding hydrogens is 428 g/mol. The maximum Gasteiger partial charge on any atom is 0.262 e. The second-order valence-electron chi connectivity index (χ2n) is 6.10. The van der Waals surface area contributed by atoms with Crippen molar-refractivity contribution >= 4 is 29.0 Å². The molecule has 3 aromatic rings. The number of carbonyl (C=O) groups excluding carboxylic acids is 1. The molecule has 10 heteroatoms. The van der Waals surface area contributed by atoms with Crippen molar-refractivity contribution in [2.45, 2.75) is 19.2 Å². The number of hydrogen-bond donors (Lipinski definition) is 1. The predicted molar refractivity (Wildman–Crippen MR) is 116 cm³/mol. The van der Waals surface area contributed by atoms with Gasteiger partial charge in [-0.25, -0.2) is 13.8 Å². The van der Waals surface area contributed by atoms with Crippen molar-refractivity contribution in [3.05, 3.63) is 70.0 Å². The third kappa shape index (κ3) is 4.39. The Hall–Kier alpha value is -2.72. The van der Waals surface area contributed by atoms with Crippen LogP contribution in [0.4, 0.5) is 8.78 Å². The summed E-state index contributed by atoms with van der Waals surface area (Å²) in [5, 5.41) is 10.1. The molecule has 4 rings (SSSR count). The van der Waals surface area contributed by atoms with Crippen LogP contribution in [-0.4, -0.2) is 32.6 Å². The Morgan fingerprint density at radius 2 is 1.90 bits per heavy atom. The summed E-state index contributed by atoms with van der Waals surface area (Å²) in [6, 6.07) is 5.27. The Bertz CT molecular complexity index is 1050. The molecule has 1 N–H and O–H groups in total. The topological polar surface area (TPSA) is 63.1 Å². The molecule has 1 atom stereocenters. The molecule has 1 aliphatic heterocycles. The van der Waals surface area contributed by atoms with Gasteiger partial charge in [0.1, 0.15) is 33.3 Å². The average molecular weight is 450 g/mol. The van der Waals surface area contributed by atoms with E-state index in [4.69, 9.17) is 0 Å². The maximum absolute atomic E-state index is 13.8. The van der Waals surface area contributed by atoms with Crippen molar-refractivity contribution in [1.82, 2.24) is 25.0 Å². The van der Waals surface area contributed by atoms with Gasteiger partial charge in [0.05, 0.1) is 10.7 Å². The smallest absolute Gasteiger partial charge is 0.262 e. The van der Waals surface area contributed by atoms with Crippen LogP contribution in [0.25, 0.3) is 10.7 Å². The van der Waals surface area contributed by atoms with Crippen LogP contribution in [0, 0.1) is 11.6 Å². The lowest BCUT2D eigenvalue weighted by Gasteiger charge is -2.19. The molecule has 30 heavy (non-hydrogen) atoms. The Labute approximate surface area is 181 Å². The Kier molecular flexibility index (Phi) is 6.88. The summed E-state index contributed by atoms with van der Waals surface area (Å²) in [6.45, 7) is 4.00. The number of benzene rings is 1. The van der Waals surface area contributed by atoms with Gasteiger partial charge in [-0.15, -0.1) is 11.3 Å². The first-order valence-corrected chi connectivity index (χ1v) is 11.0. The minimum atomic E-state index is -0.897. The van der Waals surface area contributed by atoms with Crippen LogP contribution >= 0.6 is 23.1 Å². The molecule has 0 spiro atoms. The quantitative estimate of drug-likeness (QED) is 0.623. The van der Waals surface area contributed by atoms with E-state index < -0.39 is 23.1 Å². The molecule has 0 saturated heterocycles. The van der Waals surface area contributed by atoms with Gasteiger partial charge in [0.2, 0.25) is 0 Å². The first-order valence-electron chi connectivity index (χ1n) is 9.23.